The molecular formula is C23H26N2O4S. The molecule has 1 aromatic heterocycles. The van der Waals surface area contributed by atoms with Gasteiger partial charge in [-0.3, -0.25) is 9.59 Å². The number of hydrogen-bond donors (Lipinski definition) is 0. The third kappa shape index (κ3) is 4.79. The fourth-order valence-electron chi connectivity index (χ4n) is 3.01. The van der Waals surface area contributed by atoms with E-state index in [1.165, 1.54) is 18.4 Å². The highest BCUT2D eigenvalue weighted by Crippen LogP contribution is 2.24. The predicted octanol–water partition coefficient (Wildman–Crippen LogP) is 4.31. The number of thiazole rings is 1. The van der Waals surface area contributed by atoms with Crippen molar-refractivity contribution in [3.8, 4) is 5.75 Å². The van der Waals surface area contributed by atoms with Crippen molar-refractivity contribution in [1.29, 1.82) is 0 Å². The van der Waals surface area contributed by atoms with Crippen LogP contribution in [0.25, 0.3) is 10.2 Å². The molecule has 0 N–H and O–H groups in total. The zero-order chi connectivity index (χ0) is 21.9. The highest BCUT2D eigenvalue weighted by atomic mass is 32.1. The number of carbonyl (C=O) groups is 2. The monoisotopic (exact) mass is 426 g/mol. The van der Waals surface area contributed by atoms with E-state index in [-0.39, 0.29) is 17.9 Å². The second kappa shape index (κ2) is 8.83. The number of carbonyl (C=O) groups excluding carboxylic acids is 2. The maximum Gasteiger partial charge on any atom is 0.325 e. The number of ether oxygens (including phenoxy) is 2. The molecule has 6 nitrogen and oxygen atoms in total. The van der Waals surface area contributed by atoms with Gasteiger partial charge in [0.25, 0.3) is 5.91 Å². The van der Waals surface area contributed by atoms with Crippen molar-refractivity contribution in [2.45, 2.75) is 39.7 Å². The second-order valence-electron chi connectivity index (χ2n) is 7.85. The molecule has 1 amide bonds. The number of amides is 1. The van der Waals surface area contributed by atoms with Crippen molar-refractivity contribution in [1.82, 2.24) is 4.57 Å². The Bertz CT molecular complexity index is 1130. The first-order chi connectivity index (χ1) is 14.2. The van der Waals surface area contributed by atoms with Gasteiger partial charge >= 0.3 is 5.97 Å². The number of nitrogens with zero attached hydrogens (tertiary/aromatic N) is 2. The molecule has 7 heteroatoms. The SMILES string of the molecule is CCOc1ccc2c(c1)sc(=NC(=O)c1ccc(C(C)(C)C)cc1)n2CC(=O)OC. The topological polar surface area (TPSA) is 69.9 Å². The van der Waals surface area contributed by atoms with Crippen molar-refractivity contribution in [3.63, 3.8) is 0 Å². The van der Waals surface area contributed by atoms with Crippen molar-refractivity contribution in [2.75, 3.05) is 13.7 Å². The van der Waals surface area contributed by atoms with Crippen LogP contribution in [-0.2, 0) is 21.5 Å². The standard InChI is InChI=1S/C23H26N2O4S/c1-6-29-17-11-12-18-19(13-17)30-22(25(18)14-20(26)28-5)24-21(27)15-7-9-16(10-8-15)23(2,3)4/h7-13H,6,14H2,1-5H3. The van der Waals surface area contributed by atoms with Gasteiger partial charge in [0.05, 0.1) is 23.9 Å². The Hall–Kier alpha value is -2.93. The first-order valence-corrected chi connectivity index (χ1v) is 10.6. The largest absolute Gasteiger partial charge is 0.494 e. The lowest BCUT2D eigenvalue weighted by Gasteiger charge is -2.18. The summed E-state index contributed by atoms with van der Waals surface area (Å²) in [4.78, 5) is 29.5. The Balaban J connectivity index is 2.05. The molecule has 0 aliphatic carbocycles. The van der Waals surface area contributed by atoms with E-state index in [2.05, 4.69) is 25.8 Å². The van der Waals surface area contributed by atoms with Gasteiger partial charge in [-0.05, 0) is 48.2 Å². The number of esters is 1. The molecule has 2 aromatic carbocycles. The highest BCUT2D eigenvalue weighted by molar-refractivity contribution is 7.16. The molecule has 3 aromatic rings. The summed E-state index contributed by atoms with van der Waals surface area (Å²) in [5, 5.41) is 0. The summed E-state index contributed by atoms with van der Waals surface area (Å²) in [6.45, 7) is 8.81. The summed E-state index contributed by atoms with van der Waals surface area (Å²) < 4.78 is 13.0. The van der Waals surface area contributed by atoms with E-state index in [0.717, 1.165) is 21.5 Å². The van der Waals surface area contributed by atoms with Gasteiger partial charge < -0.3 is 14.0 Å². The van der Waals surface area contributed by atoms with Crippen LogP contribution >= 0.6 is 11.3 Å². The highest BCUT2D eigenvalue weighted by Gasteiger charge is 2.16. The summed E-state index contributed by atoms with van der Waals surface area (Å²) >= 11 is 1.33. The van der Waals surface area contributed by atoms with Crippen LogP contribution in [0.5, 0.6) is 5.75 Å². The Morgan fingerprint density at radius 2 is 1.80 bits per heavy atom. The molecule has 0 aliphatic rings. The van der Waals surface area contributed by atoms with Gasteiger partial charge in [-0.25, -0.2) is 0 Å². The van der Waals surface area contributed by atoms with E-state index in [1.807, 2.05) is 37.3 Å². The first kappa shape index (κ1) is 21.8. The van der Waals surface area contributed by atoms with Gasteiger partial charge in [0.2, 0.25) is 0 Å². The third-order valence-corrected chi connectivity index (χ3v) is 5.72. The molecule has 30 heavy (non-hydrogen) atoms. The van der Waals surface area contributed by atoms with Crippen LogP contribution in [0.4, 0.5) is 0 Å². The fraction of sp³-hybridized carbons (Fsp3) is 0.348. The molecular weight excluding hydrogens is 400 g/mol. The van der Waals surface area contributed by atoms with Crippen LogP contribution in [-0.4, -0.2) is 30.2 Å². The molecule has 0 aliphatic heterocycles. The summed E-state index contributed by atoms with van der Waals surface area (Å²) in [5.74, 6) is -0.0372. The fourth-order valence-corrected chi connectivity index (χ4v) is 4.06. The number of methoxy groups -OCH3 is 1. The summed E-state index contributed by atoms with van der Waals surface area (Å²) in [6.07, 6.45) is 0. The van der Waals surface area contributed by atoms with Gasteiger partial charge in [-0.2, -0.15) is 4.99 Å². The van der Waals surface area contributed by atoms with Crippen molar-refractivity contribution < 1.29 is 19.1 Å². The maximum absolute atomic E-state index is 12.8. The quantitative estimate of drug-likeness (QED) is 0.570. The summed E-state index contributed by atoms with van der Waals surface area (Å²) in [5.41, 5.74) is 2.44. The van der Waals surface area contributed by atoms with Crippen LogP contribution in [0.2, 0.25) is 0 Å². The molecule has 3 rings (SSSR count). The molecule has 0 fully saturated rings. The molecule has 0 unspecified atom stereocenters. The number of benzene rings is 2. The molecule has 1 heterocycles. The normalized spacial score (nSPS) is 12.2. The lowest BCUT2D eigenvalue weighted by Crippen LogP contribution is -2.22. The van der Waals surface area contributed by atoms with E-state index >= 15 is 0 Å². The third-order valence-electron chi connectivity index (χ3n) is 4.68. The van der Waals surface area contributed by atoms with Gasteiger partial charge in [0, 0.05) is 5.56 Å². The zero-order valence-electron chi connectivity index (χ0n) is 17.9. The Morgan fingerprint density at radius 3 is 2.40 bits per heavy atom. The molecule has 0 bridgehead atoms. The lowest BCUT2D eigenvalue weighted by atomic mass is 9.87. The summed E-state index contributed by atoms with van der Waals surface area (Å²) in [7, 11) is 1.34. The number of aromatic nitrogens is 1. The molecule has 0 saturated carbocycles. The summed E-state index contributed by atoms with van der Waals surface area (Å²) in [6, 6.07) is 13.1. The number of fused-ring (bicyclic) bond motifs is 1. The van der Waals surface area contributed by atoms with Crippen LogP contribution < -0.4 is 9.54 Å². The Labute approximate surface area is 179 Å². The minimum Gasteiger partial charge on any atom is -0.494 e. The minimum absolute atomic E-state index is 0.00595. The maximum atomic E-state index is 12.8. The smallest absolute Gasteiger partial charge is 0.325 e. The van der Waals surface area contributed by atoms with Crippen LogP contribution in [0.3, 0.4) is 0 Å². The lowest BCUT2D eigenvalue weighted by molar-refractivity contribution is -0.141. The minimum atomic E-state index is -0.410. The second-order valence-corrected chi connectivity index (χ2v) is 8.86. The van der Waals surface area contributed by atoms with Crippen LogP contribution in [0.15, 0.2) is 47.5 Å². The van der Waals surface area contributed by atoms with Crippen molar-refractivity contribution in [2.24, 2.45) is 4.99 Å². The molecule has 0 atom stereocenters. The van der Waals surface area contributed by atoms with E-state index < -0.39 is 5.97 Å². The van der Waals surface area contributed by atoms with Gasteiger partial charge in [-0.15, -0.1) is 0 Å². The van der Waals surface area contributed by atoms with Crippen molar-refractivity contribution >= 4 is 33.4 Å². The Kier molecular flexibility index (Phi) is 6.41. The van der Waals surface area contributed by atoms with Crippen LogP contribution in [0, 0.1) is 0 Å². The van der Waals surface area contributed by atoms with Gasteiger partial charge in [0.1, 0.15) is 12.3 Å². The van der Waals surface area contributed by atoms with Crippen LogP contribution in [0.1, 0.15) is 43.6 Å². The van der Waals surface area contributed by atoms with E-state index in [4.69, 9.17) is 9.47 Å². The van der Waals surface area contributed by atoms with Gasteiger partial charge in [0.15, 0.2) is 4.80 Å². The molecule has 0 radical (unpaired) electrons. The molecule has 158 valence electrons. The number of hydrogen-bond acceptors (Lipinski definition) is 5. The molecule has 0 spiro atoms. The average Bonchev–Trinajstić information content (AvgIpc) is 3.03. The average molecular weight is 427 g/mol. The molecule has 0 saturated heterocycles. The van der Waals surface area contributed by atoms with E-state index in [0.29, 0.717) is 17.0 Å². The predicted molar refractivity (Wildman–Crippen MR) is 118 cm³/mol. The first-order valence-electron chi connectivity index (χ1n) is 9.75. The van der Waals surface area contributed by atoms with Crippen molar-refractivity contribution in [3.05, 3.63) is 58.4 Å². The van der Waals surface area contributed by atoms with E-state index in [1.54, 1.807) is 16.7 Å². The van der Waals surface area contributed by atoms with Gasteiger partial charge in [-0.1, -0.05) is 44.2 Å². The Morgan fingerprint density at radius 1 is 1.10 bits per heavy atom. The zero-order valence-corrected chi connectivity index (χ0v) is 18.7. The number of rotatable bonds is 5. The van der Waals surface area contributed by atoms with E-state index in [9.17, 15) is 9.59 Å².